The van der Waals surface area contributed by atoms with E-state index in [0.717, 1.165) is 35.2 Å². The van der Waals surface area contributed by atoms with Crippen LogP contribution < -0.4 is 15.1 Å². The molecule has 2 fully saturated rings. The number of carboxylic acid groups (broad SMARTS) is 1. The lowest BCUT2D eigenvalue weighted by Crippen LogP contribution is -2.51. The number of piperazine rings is 1. The molecule has 1 aliphatic heterocycles. The van der Waals surface area contributed by atoms with Gasteiger partial charge in [0.1, 0.15) is 11.3 Å². The molecule has 0 radical (unpaired) electrons. The van der Waals surface area contributed by atoms with Gasteiger partial charge in [0.2, 0.25) is 5.43 Å². The molecule has 1 aromatic heterocycles. The van der Waals surface area contributed by atoms with E-state index in [1.54, 1.807) is 28.8 Å². The molecule has 17 heteroatoms. The van der Waals surface area contributed by atoms with Crippen LogP contribution in [0.15, 0.2) is 46.2 Å². The van der Waals surface area contributed by atoms with Gasteiger partial charge in [0.15, 0.2) is 17.0 Å². The minimum atomic E-state index is -5.02. The highest BCUT2D eigenvalue weighted by atomic mass is 32.1. The summed E-state index contributed by atoms with van der Waals surface area (Å²) in [5.74, 6) is -1.86. The van der Waals surface area contributed by atoms with Crippen molar-refractivity contribution in [1.82, 2.24) is 9.47 Å². The fraction of sp³-hybridized carbons (Fsp3) is 0.393. The molecule has 1 unspecified atom stereocenters. The van der Waals surface area contributed by atoms with Crippen molar-refractivity contribution in [3.63, 3.8) is 0 Å². The molecule has 1 aliphatic carbocycles. The SMILES string of the molecule is COc1c(N2CCN(C=[SH]c3ccc(CC(P(=O)(O)O)P(=O)(O)O)cc3)C(C)C2)c(F)cc2c(=O)c(C(=O)O)cn(C3CC3)c12. The summed E-state index contributed by atoms with van der Waals surface area (Å²) in [6.45, 7) is 3.38. The molecule has 5 rings (SSSR count). The van der Waals surface area contributed by atoms with Gasteiger partial charge < -0.3 is 38.9 Å². The van der Waals surface area contributed by atoms with E-state index in [2.05, 4.69) is 4.90 Å². The van der Waals surface area contributed by atoms with Crippen molar-refractivity contribution in [3.05, 3.63) is 63.7 Å². The Hall–Kier alpha value is -2.87. The van der Waals surface area contributed by atoms with Gasteiger partial charge in [0.05, 0.1) is 18.0 Å². The second-order valence-corrected chi connectivity index (χ2v) is 16.3. The zero-order valence-corrected chi connectivity index (χ0v) is 27.0. The lowest BCUT2D eigenvalue weighted by Gasteiger charge is -2.40. The first-order chi connectivity index (χ1) is 21.1. The number of hydrogen-bond donors (Lipinski definition) is 6. The van der Waals surface area contributed by atoms with Crippen LogP contribution in [0.2, 0.25) is 0 Å². The van der Waals surface area contributed by atoms with Crippen LogP contribution in [0.3, 0.4) is 0 Å². The third-order valence-electron chi connectivity index (χ3n) is 8.05. The van der Waals surface area contributed by atoms with Crippen molar-refractivity contribution in [2.24, 2.45) is 0 Å². The normalized spacial score (nSPS) is 18.5. The van der Waals surface area contributed by atoms with Crippen LogP contribution in [0.4, 0.5) is 10.1 Å². The fourth-order valence-corrected chi connectivity index (χ4v) is 8.98. The quantitative estimate of drug-likeness (QED) is 0.104. The molecule has 45 heavy (non-hydrogen) atoms. The molecule has 1 saturated carbocycles. The Balaban J connectivity index is 1.35. The zero-order valence-electron chi connectivity index (χ0n) is 24.4. The largest absolute Gasteiger partial charge is 0.492 e. The van der Waals surface area contributed by atoms with Crippen molar-refractivity contribution in [3.8, 4) is 5.75 Å². The van der Waals surface area contributed by atoms with Gasteiger partial charge in [-0.05, 0) is 54.8 Å². The van der Waals surface area contributed by atoms with Crippen LogP contribution in [-0.2, 0) is 15.6 Å². The number of carboxylic acids is 1. The van der Waals surface area contributed by atoms with Crippen molar-refractivity contribution >= 4 is 54.6 Å². The van der Waals surface area contributed by atoms with Gasteiger partial charge >= 0.3 is 21.2 Å². The van der Waals surface area contributed by atoms with E-state index in [4.69, 9.17) is 4.74 Å². The van der Waals surface area contributed by atoms with E-state index in [-0.39, 0.29) is 28.9 Å². The Kier molecular flexibility index (Phi) is 9.48. The Morgan fingerprint density at radius 3 is 2.31 bits per heavy atom. The number of anilines is 1. The number of aromatic nitrogens is 1. The molecule has 0 spiro atoms. The lowest BCUT2D eigenvalue weighted by atomic mass is 10.1. The first-order valence-corrected chi connectivity index (χ1v) is 18.4. The average Bonchev–Trinajstić information content (AvgIpc) is 3.80. The van der Waals surface area contributed by atoms with Gasteiger partial charge in [0, 0.05) is 43.4 Å². The summed E-state index contributed by atoms with van der Waals surface area (Å²) in [4.78, 5) is 67.1. The summed E-state index contributed by atoms with van der Waals surface area (Å²) < 4.78 is 46.4. The number of hydrogen-bond acceptors (Lipinski definition) is 6. The molecule has 2 aliphatic rings. The molecule has 5 N–H and O–H groups in total. The molecule has 0 amide bonds. The first-order valence-electron chi connectivity index (χ1n) is 14.0. The smallest absolute Gasteiger partial charge is 0.341 e. The van der Waals surface area contributed by atoms with E-state index in [1.807, 2.05) is 17.3 Å². The number of halogens is 1. The summed E-state index contributed by atoms with van der Waals surface area (Å²) in [5.41, 5.74) is 1.76. The Morgan fingerprint density at radius 1 is 1.13 bits per heavy atom. The summed E-state index contributed by atoms with van der Waals surface area (Å²) in [6, 6.07) is 7.63. The van der Waals surface area contributed by atoms with Crippen molar-refractivity contribution in [2.75, 3.05) is 31.6 Å². The topological polar surface area (TPSA) is 190 Å². The number of rotatable bonds is 10. The molecule has 0 bridgehead atoms. The highest BCUT2D eigenvalue weighted by molar-refractivity contribution is 7.97. The van der Waals surface area contributed by atoms with Gasteiger partial charge in [-0.2, -0.15) is 11.4 Å². The zero-order chi connectivity index (χ0) is 32.8. The second-order valence-electron chi connectivity index (χ2n) is 11.3. The maximum absolute atomic E-state index is 15.7. The molecular formula is C28H34FN3O10P2S. The van der Waals surface area contributed by atoms with Gasteiger partial charge in [-0.25, -0.2) is 9.18 Å². The second kappa shape index (κ2) is 12.7. The van der Waals surface area contributed by atoms with Crippen molar-refractivity contribution in [2.45, 2.75) is 48.6 Å². The molecular weight excluding hydrogens is 651 g/mol. The number of nitrogens with zero attached hydrogens (tertiary/aromatic N) is 3. The average molecular weight is 686 g/mol. The Labute approximate surface area is 261 Å². The number of thiol groups is 1. The first kappa shape index (κ1) is 33.5. The lowest BCUT2D eigenvalue weighted by molar-refractivity contribution is 0.0694. The highest BCUT2D eigenvalue weighted by Crippen LogP contribution is 2.60. The number of carbonyl (C=O) groups is 1. The molecule has 2 heterocycles. The van der Waals surface area contributed by atoms with Gasteiger partial charge in [0.25, 0.3) is 0 Å². The molecule has 244 valence electrons. The van der Waals surface area contributed by atoms with Gasteiger partial charge in [-0.1, -0.05) is 12.1 Å². The minimum absolute atomic E-state index is 0.00422. The predicted molar refractivity (Wildman–Crippen MR) is 170 cm³/mol. The van der Waals surface area contributed by atoms with Gasteiger partial charge in [-0.15, -0.1) is 0 Å². The van der Waals surface area contributed by atoms with Crippen molar-refractivity contribution in [1.29, 1.82) is 0 Å². The van der Waals surface area contributed by atoms with E-state index in [9.17, 15) is 43.4 Å². The fourth-order valence-electron chi connectivity index (χ4n) is 5.57. The number of aromatic carboxylic acids is 1. The van der Waals surface area contributed by atoms with Crippen LogP contribution in [0.5, 0.6) is 5.75 Å². The number of methoxy groups -OCH3 is 1. The van der Waals surface area contributed by atoms with Crippen molar-refractivity contribution < 1.29 is 47.7 Å². The van der Waals surface area contributed by atoms with E-state index in [1.165, 1.54) is 13.3 Å². The van der Waals surface area contributed by atoms with Crippen LogP contribution in [-0.4, -0.2) is 83.8 Å². The van der Waals surface area contributed by atoms with Crippen LogP contribution >= 0.6 is 26.5 Å². The monoisotopic (exact) mass is 685 g/mol. The molecule has 1 saturated heterocycles. The summed E-state index contributed by atoms with van der Waals surface area (Å²) >= 11 is 0.804. The van der Waals surface area contributed by atoms with E-state index in [0.29, 0.717) is 30.7 Å². The highest BCUT2D eigenvalue weighted by Gasteiger charge is 2.43. The Morgan fingerprint density at radius 2 is 1.78 bits per heavy atom. The standard InChI is InChI=1S/C28H34FN3O10P2S/c1-16-13-30(9-10-31(16)15-45-19-7-3-17(4-8-19)11-23(43(36,37)38)44(39,40)41)25-22(29)12-20-24(27(25)42-2)32(18-5-6-18)14-21(26(20)33)28(34)35/h3-4,7-8,12,14-16,18,23,45H,5-6,9-11,13H2,1-2H3,(H,34,35)(H2,36,37,38)(H2,39,40,41). The van der Waals surface area contributed by atoms with Crippen LogP contribution in [0.1, 0.15) is 41.7 Å². The number of benzene rings is 2. The van der Waals surface area contributed by atoms with Crippen LogP contribution in [0.25, 0.3) is 10.9 Å². The maximum Gasteiger partial charge on any atom is 0.341 e. The molecule has 3 aromatic rings. The van der Waals surface area contributed by atoms with Crippen LogP contribution in [0, 0.1) is 5.82 Å². The van der Waals surface area contributed by atoms with E-state index >= 15 is 4.39 Å². The number of ether oxygens (including phenoxy) is 1. The maximum atomic E-state index is 15.7. The summed E-state index contributed by atoms with van der Waals surface area (Å²) in [5, 5.41) is 7.42. The number of pyridine rings is 1. The Bertz CT molecular complexity index is 1800. The molecule has 13 nitrogen and oxygen atoms in total. The third kappa shape index (κ3) is 7.11. The summed E-state index contributed by atoms with van der Waals surface area (Å²) in [6.07, 6.45) is 2.47. The third-order valence-corrected chi connectivity index (χ3v) is 12.8. The predicted octanol–water partition coefficient (Wildman–Crippen LogP) is 3.20. The molecule has 2 aromatic carbocycles. The number of fused-ring (bicyclic) bond motifs is 1. The minimum Gasteiger partial charge on any atom is -0.492 e. The van der Waals surface area contributed by atoms with Gasteiger partial charge in [-0.3, -0.25) is 18.8 Å². The summed E-state index contributed by atoms with van der Waals surface area (Å²) in [7, 11) is -8.64. The van der Waals surface area contributed by atoms with E-state index < -0.39 is 49.8 Å². The molecule has 1 atom stereocenters.